The second-order valence-electron chi connectivity index (χ2n) is 4.37. The molecule has 0 unspecified atom stereocenters. The predicted molar refractivity (Wildman–Crippen MR) is 80.3 cm³/mol. The van der Waals surface area contributed by atoms with Crippen LogP contribution in [0.5, 0.6) is 0 Å². The van der Waals surface area contributed by atoms with Gasteiger partial charge in [0.25, 0.3) is 0 Å². The summed E-state index contributed by atoms with van der Waals surface area (Å²) in [5, 5.41) is 12.3. The van der Waals surface area contributed by atoms with Crippen LogP contribution in [0, 0.1) is 0 Å². The summed E-state index contributed by atoms with van der Waals surface area (Å²) in [5.74, 6) is -0.0111. The molecular formula is C14H15ClN4O. The summed E-state index contributed by atoms with van der Waals surface area (Å²) in [7, 11) is 1.95. The van der Waals surface area contributed by atoms with Gasteiger partial charge in [0.05, 0.1) is 0 Å². The minimum absolute atomic E-state index is 0.0111. The van der Waals surface area contributed by atoms with E-state index in [0.29, 0.717) is 17.3 Å². The Hall–Kier alpha value is -2.27. The number of halogens is 1. The average Bonchev–Trinajstić information content (AvgIpc) is 2.46. The van der Waals surface area contributed by atoms with Gasteiger partial charge in [0.1, 0.15) is 5.69 Å². The van der Waals surface area contributed by atoms with Crippen molar-refractivity contribution >= 4 is 23.1 Å². The van der Waals surface area contributed by atoms with Crippen LogP contribution in [0.1, 0.15) is 11.3 Å². The van der Waals surface area contributed by atoms with E-state index in [1.54, 1.807) is 12.3 Å². The number of nitrogens with zero attached hydrogens (tertiary/aromatic N) is 3. The molecule has 1 aromatic carbocycles. The molecule has 2 aromatic rings. The number of aromatic nitrogens is 1. The largest absolute Gasteiger partial charge is 0.409 e. The van der Waals surface area contributed by atoms with Crippen LogP contribution in [0.15, 0.2) is 47.8 Å². The number of hydrogen-bond donors (Lipinski definition) is 2. The number of nitrogens with two attached hydrogens (primary N) is 1. The molecule has 1 heterocycles. The molecule has 0 aliphatic carbocycles. The number of anilines is 1. The molecule has 0 aliphatic heterocycles. The molecule has 6 heteroatoms. The van der Waals surface area contributed by atoms with Crippen LogP contribution in [0.4, 0.5) is 5.69 Å². The van der Waals surface area contributed by atoms with Gasteiger partial charge in [0.2, 0.25) is 0 Å². The first-order valence-corrected chi connectivity index (χ1v) is 6.37. The highest BCUT2D eigenvalue weighted by molar-refractivity contribution is 6.30. The lowest BCUT2D eigenvalue weighted by atomic mass is 10.2. The van der Waals surface area contributed by atoms with Crippen molar-refractivity contribution in [1.29, 1.82) is 0 Å². The van der Waals surface area contributed by atoms with E-state index >= 15 is 0 Å². The van der Waals surface area contributed by atoms with Crippen molar-refractivity contribution in [1.82, 2.24) is 4.98 Å². The van der Waals surface area contributed by atoms with E-state index < -0.39 is 0 Å². The summed E-state index contributed by atoms with van der Waals surface area (Å²) < 4.78 is 0. The molecule has 5 nitrogen and oxygen atoms in total. The lowest BCUT2D eigenvalue weighted by Gasteiger charge is -2.19. The number of oxime groups is 1. The van der Waals surface area contributed by atoms with Crippen LogP contribution in [-0.2, 0) is 6.54 Å². The van der Waals surface area contributed by atoms with Gasteiger partial charge in [0.15, 0.2) is 5.84 Å². The summed E-state index contributed by atoms with van der Waals surface area (Å²) >= 11 is 5.97. The number of amidine groups is 1. The fraction of sp³-hybridized carbons (Fsp3) is 0.143. The third-order valence-electron chi connectivity index (χ3n) is 2.86. The van der Waals surface area contributed by atoms with Crippen LogP contribution in [0.25, 0.3) is 0 Å². The van der Waals surface area contributed by atoms with Crippen molar-refractivity contribution in [3.05, 3.63) is 58.9 Å². The number of benzene rings is 1. The number of pyridine rings is 1. The van der Waals surface area contributed by atoms with Crippen LogP contribution in [-0.4, -0.2) is 23.1 Å². The zero-order valence-corrected chi connectivity index (χ0v) is 11.7. The Morgan fingerprint density at radius 1 is 1.40 bits per heavy atom. The first-order valence-electron chi connectivity index (χ1n) is 5.99. The molecule has 1 aromatic heterocycles. The molecule has 0 saturated heterocycles. The van der Waals surface area contributed by atoms with E-state index in [1.807, 2.05) is 42.3 Å². The Morgan fingerprint density at radius 2 is 2.20 bits per heavy atom. The highest BCUT2D eigenvalue weighted by Gasteiger charge is 2.06. The first-order chi connectivity index (χ1) is 9.60. The summed E-state index contributed by atoms with van der Waals surface area (Å²) in [6, 6.07) is 11.3. The molecular weight excluding hydrogens is 276 g/mol. The van der Waals surface area contributed by atoms with Gasteiger partial charge >= 0.3 is 0 Å². The van der Waals surface area contributed by atoms with Gasteiger partial charge in [-0.25, -0.2) is 0 Å². The van der Waals surface area contributed by atoms with Gasteiger partial charge in [-0.05, 0) is 29.8 Å². The lowest BCUT2D eigenvalue weighted by Crippen LogP contribution is -2.19. The summed E-state index contributed by atoms with van der Waals surface area (Å²) in [6.07, 6.45) is 1.62. The Labute approximate surface area is 122 Å². The maximum atomic E-state index is 8.68. The SMILES string of the molecule is CN(Cc1cccc(Cl)c1)c1ccnc(C(N)=NO)c1. The maximum Gasteiger partial charge on any atom is 0.188 e. The third-order valence-corrected chi connectivity index (χ3v) is 3.10. The first kappa shape index (κ1) is 14.1. The van der Waals surface area contributed by atoms with Crippen molar-refractivity contribution in [3.63, 3.8) is 0 Å². The van der Waals surface area contributed by atoms with Crippen LogP contribution in [0.3, 0.4) is 0 Å². The molecule has 0 spiro atoms. The molecule has 0 bridgehead atoms. The van der Waals surface area contributed by atoms with Crippen molar-refractivity contribution < 1.29 is 5.21 Å². The quantitative estimate of drug-likeness (QED) is 0.393. The van der Waals surface area contributed by atoms with E-state index in [0.717, 1.165) is 11.3 Å². The maximum absolute atomic E-state index is 8.68. The molecule has 0 saturated carbocycles. The number of hydrogen-bond acceptors (Lipinski definition) is 4. The topological polar surface area (TPSA) is 74.7 Å². The van der Waals surface area contributed by atoms with E-state index in [2.05, 4.69) is 10.1 Å². The standard InChI is InChI=1S/C14H15ClN4O/c1-19(9-10-3-2-4-11(15)7-10)12-5-6-17-13(8-12)14(16)18-20/h2-8,20H,9H2,1H3,(H2,16,18). The van der Waals surface area contributed by atoms with Gasteiger partial charge in [-0.2, -0.15) is 0 Å². The summed E-state index contributed by atoms with van der Waals surface area (Å²) in [4.78, 5) is 6.08. The average molecular weight is 291 g/mol. The second-order valence-corrected chi connectivity index (χ2v) is 4.81. The van der Waals surface area contributed by atoms with Crippen molar-refractivity contribution in [2.24, 2.45) is 10.9 Å². The Balaban J connectivity index is 2.19. The third kappa shape index (κ3) is 3.39. The molecule has 20 heavy (non-hydrogen) atoms. The van der Waals surface area contributed by atoms with E-state index in [1.165, 1.54) is 0 Å². The lowest BCUT2D eigenvalue weighted by molar-refractivity contribution is 0.318. The smallest absolute Gasteiger partial charge is 0.188 e. The van der Waals surface area contributed by atoms with E-state index in [-0.39, 0.29) is 5.84 Å². The molecule has 2 rings (SSSR count). The minimum atomic E-state index is -0.0111. The van der Waals surface area contributed by atoms with E-state index in [4.69, 9.17) is 22.5 Å². The molecule has 0 fully saturated rings. The second kappa shape index (κ2) is 6.25. The zero-order valence-electron chi connectivity index (χ0n) is 11.0. The molecule has 0 aliphatic rings. The van der Waals surface area contributed by atoms with Crippen LogP contribution >= 0.6 is 11.6 Å². The molecule has 0 atom stereocenters. The van der Waals surface area contributed by atoms with Gasteiger partial charge in [-0.1, -0.05) is 28.9 Å². The summed E-state index contributed by atoms with van der Waals surface area (Å²) in [5.41, 5.74) is 7.99. The van der Waals surface area contributed by atoms with Gasteiger partial charge in [-0.3, -0.25) is 4.98 Å². The highest BCUT2D eigenvalue weighted by atomic mass is 35.5. The van der Waals surface area contributed by atoms with Crippen LogP contribution < -0.4 is 10.6 Å². The van der Waals surface area contributed by atoms with E-state index in [9.17, 15) is 0 Å². The molecule has 0 amide bonds. The monoisotopic (exact) mass is 290 g/mol. The highest BCUT2D eigenvalue weighted by Crippen LogP contribution is 2.18. The molecule has 0 radical (unpaired) electrons. The Bertz CT molecular complexity index is 630. The van der Waals surface area contributed by atoms with Crippen LogP contribution in [0.2, 0.25) is 5.02 Å². The zero-order chi connectivity index (χ0) is 14.5. The van der Waals surface area contributed by atoms with Gasteiger partial charge < -0.3 is 15.8 Å². The summed E-state index contributed by atoms with van der Waals surface area (Å²) in [6.45, 7) is 0.695. The molecule has 3 N–H and O–H groups in total. The van der Waals surface area contributed by atoms with Gasteiger partial charge in [0, 0.05) is 30.5 Å². The molecule has 104 valence electrons. The normalized spacial score (nSPS) is 11.4. The Morgan fingerprint density at radius 3 is 2.90 bits per heavy atom. The van der Waals surface area contributed by atoms with Crippen molar-refractivity contribution in [3.8, 4) is 0 Å². The van der Waals surface area contributed by atoms with Crippen molar-refractivity contribution in [2.45, 2.75) is 6.54 Å². The Kier molecular flexibility index (Phi) is 4.42. The van der Waals surface area contributed by atoms with Gasteiger partial charge in [-0.15, -0.1) is 0 Å². The minimum Gasteiger partial charge on any atom is -0.409 e. The fourth-order valence-electron chi connectivity index (χ4n) is 1.85. The fourth-order valence-corrected chi connectivity index (χ4v) is 2.06. The van der Waals surface area contributed by atoms with Crippen molar-refractivity contribution in [2.75, 3.05) is 11.9 Å². The predicted octanol–water partition coefficient (Wildman–Crippen LogP) is 2.47. The number of rotatable bonds is 4.